The summed E-state index contributed by atoms with van der Waals surface area (Å²) in [6.07, 6.45) is 2.42. The number of rotatable bonds is 5. The van der Waals surface area contributed by atoms with E-state index in [1.165, 1.54) is 0 Å². The Hall–Kier alpha value is -0.940. The van der Waals surface area contributed by atoms with E-state index >= 15 is 0 Å². The predicted molar refractivity (Wildman–Crippen MR) is 56.2 cm³/mol. The molecule has 2 N–H and O–H groups in total. The highest BCUT2D eigenvalue weighted by atomic mass is 16.3. The van der Waals surface area contributed by atoms with E-state index in [1.807, 2.05) is 6.92 Å². The Morgan fingerprint density at radius 2 is 2.20 bits per heavy atom. The van der Waals surface area contributed by atoms with Gasteiger partial charge < -0.3 is 10.2 Å². The smallest absolute Gasteiger partial charge is 0.111 e. The van der Waals surface area contributed by atoms with Gasteiger partial charge in [-0.3, -0.25) is 4.68 Å². The summed E-state index contributed by atoms with van der Waals surface area (Å²) < 4.78 is 1.65. The van der Waals surface area contributed by atoms with E-state index in [4.69, 9.17) is 0 Å². The van der Waals surface area contributed by atoms with Gasteiger partial charge in [-0.05, 0) is 26.7 Å². The monoisotopic (exact) mass is 213 g/mol. The molecule has 1 atom stereocenters. The van der Waals surface area contributed by atoms with Gasteiger partial charge in [0.2, 0.25) is 0 Å². The van der Waals surface area contributed by atoms with E-state index in [-0.39, 0.29) is 0 Å². The van der Waals surface area contributed by atoms with Crippen molar-refractivity contribution in [3.63, 3.8) is 0 Å². The predicted octanol–water partition coefficient (Wildman–Crippen LogP) is 0.882. The van der Waals surface area contributed by atoms with E-state index in [0.29, 0.717) is 25.1 Å². The summed E-state index contributed by atoms with van der Waals surface area (Å²) in [7, 11) is 0. The van der Waals surface area contributed by atoms with Crippen molar-refractivity contribution >= 4 is 0 Å². The van der Waals surface area contributed by atoms with E-state index in [2.05, 4.69) is 10.3 Å². The van der Waals surface area contributed by atoms with Crippen LogP contribution in [0.4, 0.5) is 0 Å². The quantitative estimate of drug-likeness (QED) is 0.761. The fourth-order valence-corrected chi connectivity index (χ4v) is 1.17. The van der Waals surface area contributed by atoms with Gasteiger partial charge in [0.25, 0.3) is 0 Å². The molecular formula is C10H19N3O2. The first-order chi connectivity index (χ1) is 6.92. The van der Waals surface area contributed by atoms with Crippen LogP contribution in [0.25, 0.3) is 0 Å². The highest BCUT2D eigenvalue weighted by Gasteiger charge is 2.14. The minimum absolute atomic E-state index is 0.541. The number of nitrogens with zero attached hydrogens (tertiary/aromatic N) is 3. The number of hydrogen-bond acceptors (Lipinski definition) is 4. The van der Waals surface area contributed by atoms with Gasteiger partial charge in [-0.2, -0.15) is 0 Å². The zero-order chi connectivity index (χ0) is 11.5. The van der Waals surface area contributed by atoms with E-state index < -0.39 is 11.7 Å². The molecule has 0 aliphatic carbocycles. The Kier molecular flexibility index (Phi) is 3.82. The SMILES string of the molecule is CCC(O)c1cn(CCC(C)(C)O)nn1. The molecule has 5 heteroatoms. The lowest BCUT2D eigenvalue weighted by atomic mass is 10.1. The Labute approximate surface area is 89.7 Å². The molecule has 0 fully saturated rings. The fourth-order valence-electron chi connectivity index (χ4n) is 1.17. The van der Waals surface area contributed by atoms with Gasteiger partial charge in [0.15, 0.2) is 0 Å². The largest absolute Gasteiger partial charge is 0.390 e. The molecule has 1 unspecified atom stereocenters. The minimum Gasteiger partial charge on any atom is -0.390 e. The second-order valence-electron chi connectivity index (χ2n) is 4.39. The number of hydrogen-bond donors (Lipinski definition) is 2. The molecule has 1 aromatic heterocycles. The highest BCUT2D eigenvalue weighted by molar-refractivity contribution is 4.96. The molecule has 0 radical (unpaired) electrons. The van der Waals surface area contributed by atoms with Crippen molar-refractivity contribution in [2.24, 2.45) is 0 Å². The van der Waals surface area contributed by atoms with Crippen molar-refractivity contribution in [1.29, 1.82) is 0 Å². The van der Waals surface area contributed by atoms with Gasteiger partial charge in [-0.1, -0.05) is 12.1 Å². The lowest BCUT2D eigenvalue weighted by Crippen LogP contribution is -2.21. The van der Waals surface area contributed by atoms with Crippen molar-refractivity contribution < 1.29 is 10.2 Å². The molecule has 0 amide bonds. The van der Waals surface area contributed by atoms with Crippen LogP contribution in [0.5, 0.6) is 0 Å². The molecule has 0 saturated heterocycles. The molecule has 0 aromatic carbocycles. The third-order valence-corrected chi connectivity index (χ3v) is 2.24. The molecule has 5 nitrogen and oxygen atoms in total. The Morgan fingerprint density at radius 3 is 2.73 bits per heavy atom. The molecule has 0 spiro atoms. The molecule has 0 bridgehead atoms. The molecule has 0 saturated carbocycles. The average molecular weight is 213 g/mol. The highest BCUT2D eigenvalue weighted by Crippen LogP contribution is 2.13. The summed E-state index contributed by atoms with van der Waals surface area (Å²) >= 11 is 0. The first-order valence-corrected chi connectivity index (χ1v) is 5.23. The van der Waals surface area contributed by atoms with Crippen LogP contribution < -0.4 is 0 Å². The van der Waals surface area contributed by atoms with Gasteiger partial charge in [0.1, 0.15) is 5.69 Å². The van der Waals surface area contributed by atoms with Crippen LogP contribution in [0.3, 0.4) is 0 Å². The normalized spacial score (nSPS) is 14.2. The van der Waals surface area contributed by atoms with Crippen molar-refractivity contribution in [1.82, 2.24) is 15.0 Å². The summed E-state index contributed by atoms with van der Waals surface area (Å²) in [6, 6.07) is 0. The molecule has 15 heavy (non-hydrogen) atoms. The summed E-state index contributed by atoms with van der Waals surface area (Å²) in [6.45, 7) is 6.00. The standard InChI is InChI=1S/C10H19N3O2/c1-4-9(14)8-7-13(12-11-8)6-5-10(2,3)15/h7,9,14-15H,4-6H2,1-3H3. The maximum absolute atomic E-state index is 9.53. The van der Waals surface area contributed by atoms with Crippen LogP contribution >= 0.6 is 0 Å². The van der Waals surface area contributed by atoms with Crippen molar-refractivity contribution in [2.45, 2.75) is 51.9 Å². The van der Waals surface area contributed by atoms with Gasteiger partial charge in [0.05, 0.1) is 17.9 Å². The second kappa shape index (κ2) is 4.72. The molecular weight excluding hydrogens is 194 g/mol. The van der Waals surface area contributed by atoms with Crippen LogP contribution in [0.15, 0.2) is 6.20 Å². The molecule has 0 aliphatic rings. The maximum atomic E-state index is 9.53. The van der Waals surface area contributed by atoms with Gasteiger partial charge >= 0.3 is 0 Å². The molecule has 1 aromatic rings. The van der Waals surface area contributed by atoms with Crippen LogP contribution in [-0.4, -0.2) is 30.8 Å². The lowest BCUT2D eigenvalue weighted by molar-refractivity contribution is 0.0649. The topological polar surface area (TPSA) is 71.2 Å². The average Bonchev–Trinajstić information content (AvgIpc) is 2.61. The molecule has 0 aliphatic heterocycles. The number of aryl methyl sites for hydroxylation is 1. The van der Waals surface area contributed by atoms with Crippen LogP contribution in [0.1, 0.15) is 45.4 Å². The Morgan fingerprint density at radius 1 is 1.53 bits per heavy atom. The molecule has 86 valence electrons. The Bertz CT molecular complexity index is 304. The zero-order valence-electron chi connectivity index (χ0n) is 9.51. The second-order valence-corrected chi connectivity index (χ2v) is 4.39. The van der Waals surface area contributed by atoms with Gasteiger partial charge in [-0.25, -0.2) is 0 Å². The van der Waals surface area contributed by atoms with Gasteiger partial charge in [0, 0.05) is 6.54 Å². The van der Waals surface area contributed by atoms with Crippen LogP contribution in [-0.2, 0) is 6.54 Å². The minimum atomic E-state index is -0.699. The summed E-state index contributed by atoms with van der Waals surface area (Å²) in [5.74, 6) is 0. The number of aliphatic hydroxyl groups excluding tert-OH is 1. The number of aliphatic hydroxyl groups is 2. The third-order valence-electron chi connectivity index (χ3n) is 2.24. The molecule has 1 heterocycles. The first kappa shape index (κ1) is 12.1. The fraction of sp³-hybridized carbons (Fsp3) is 0.800. The molecule has 1 rings (SSSR count). The maximum Gasteiger partial charge on any atom is 0.111 e. The van der Waals surface area contributed by atoms with Crippen LogP contribution in [0, 0.1) is 0 Å². The van der Waals surface area contributed by atoms with E-state index in [1.54, 1.807) is 24.7 Å². The van der Waals surface area contributed by atoms with Crippen molar-refractivity contribution in [3.8, 4) is 0 Å². The first-order valence-electron chi connectivity index (χ1n) is 5.23. The third kappa shape index (κ3) is 3.97. The summed E-state index contributed by atoms with van der Waals surface area (Å²) in [5, 5.41) is 26.8. The van der Waals surface area contributed by atoms with Crippen LogP contribution in [0.2, 0.25) is 0 Å². The summed E-state index contributed by atoms with van der Waals surface area (Å²) in [5.41, 5.74) is -0.108. The van der Waals surface area contributed by atoms with Gasteiger partial charge in [-0.15, -0.1) is 5.10 Å². The van der Waals surface area contributed by atoms with E-state index in [9.17, 15) is 10.2 Å². The van der Waals surface area contributed by atoms with Crippen molar-refractivity contribution in [3.05, 3.63) is 11.9 Å². The lowest BCUT2D eigenvalue weighted by Gasteiger charge is -2.15. The zero-order valence-corrected chi connectivity index (χ0v) is 9.51. The van der Waals surface area contributed by atoms with E-state index in [0.717, 1.165) is 0 Å². The Balaban J connectivity index is 2.53. The number of aromatic nitrogens is 3. The van der Waals surface area contributed by atoms with Crippen molar-refractivity contribution in [2.75, 3.05) is 0 Å². The summed E-state index contributed by atoms with van der Waals surface area (Å²) in [4.78, 5) is 0.